The first-order chi connectivity index (χ1) is 20.9. The van der Waals surface area contributed by atoms with Crippen LogP contribution in [-0.4, -0.2) is 112 Å². The Morgan fingerprint density at radius 2 is 1.67 bits per heavy atom. The quantitative estimate of drug-likeness (QED) is 0.178. The van der Waals surface area contributed by atoms with Gasteiger partial charge in [-0.3, -0.25) is 9.80 Å². The van der Waals surface area contributed by atoms with E-state index in [0.29, 0.717) is 74.2 Å². The molecule has 0 saturated carbocycles. The number of dihydropyridines is 1. The average Bonchev–Trinajstić information content (AvgIpc) is 3.01. The van der Waals surface area contributed by atoms with Crippen LogP contribution in [0.25, 0.3) is 0 Å². The summed E-state index contributed by atoms with van der Waals surface area (Å²) in [5, 5.41) is 3.97. The third-order valence-electron chi connectivity index (χ3n) is 7.81. The summed E-state index contributed by atoms with van der Waals surface area (Å²) in [6, 6.07) is 7.67. The number of morpholine rings is 2. The SMILES string of the molecule is CCC1=C(C(=O)OC(CN2CCOCC2)CN2CCOCC2)C(C)C(C(=O)OCCCSc2cccc(Cl)c2)=C(CN)N1. The minimum Gasteiger partial charge on any atom is -0.462 e. The molecule has 0 aromatic heterocycles. The second-order valence-electron chi connectivity index (χ2n) is 10.8. The summed E-state index contributed by atoms with van der Waals surface area (Å²) in [6.45, 7) is 11.3. The highest BCUT2D eigenvalue weighted by atomic mass is 35.5. The molecule has 3 aliphatic rings. The zero-order chi connectivity index (χ0) is 30.6. The van der Waals surface area contributed by atoms with Crippen molar-refractivity contribution in [3.63, 3.8) is 0 Å². The Labute approximate surface area is 264 Å². The van der Waals surface area contributed by atoms with Gasteiger partial charge in [0.2, 0.25) is 0 Å². The Kier molecular flexibility index (Phi) is 13.7. The number of halogens is 1. The van der Waals surface area contributed by atoms with Crippen LogP contribution in [0, 0.1) is 5.92 Å². The number of allylic oxidation sites excluding steroid dienone is 1. The number of hydrogen-bond donors (Lipinski definition) is 2. The molecule has 4 rings (SSSR count). The number of esters is 2. The van der Waals surface area contributed by atoms with Gasteiger partial charge in [0.1, 0.15) is 6.10 Å². The fraction of sp³-hybridized carbons (Fsp3) is 0.613. The second kappa shape index (κ2) is 17.4. The van der Waals surface area contributed by atoms with Crippen LogP contribution < -0.4 is 11.1 Å². The number of hydrogen-bond acceptors (Lipinski definition) is 11. The van der Waals surface area contributed by atoms with E-state index in [1.54, 1.807) is 11.8 Å². The van der Waals surface area contributed by atoms with E-state index in [1.165, 1.54) is 0 Å². The van der Waals surface area contributed by atoms with Crippen LogP contribution in [0.15, 0.2) is 51.7 Å². The van der Waals surface area contributed by atoms with Crippen LogP contribution in [0.5, 0.6) is 0 Å². The Balaban J connectivity index is 1.40. The number of rotatable bonds is 14. The van der Waals surface area contributed by atoms with E-state index in [2.05, 4.69) is 15.1 Å². The molecule has 43 heavy (non-hydrogen) atoms. The van der Waals surface area contributed by atoms with Crippen LogP contribution in [0.4, 0.5) is 0 Å². The highest BCUT2D eigenvalue weighted by molar-refractivity contribution is 7.99. The van der Waals surface area contributed by atoms with Crippen LogP contribution in [-0.2, 0) is 28.5 Å². The number of nitrogens with one attached hydrogen (secondary N) is 1. The van der Waals surface area contributed by atoms with Crippen molar-refractivity contribution in [2.24, 2.45) is 11.7 Å². The van der Waals surface area contributed by atoms with Gasteiger partial charge in [-0.05, 0) is 31.0 Å². The first-order valence-corrected chi connectivity index (χ1v) is 16.6. The summed E-state index contributed by atoms with van der Waals surface area (Å²) in [7, 11) is 0. The number of nitrogens with two attached hydrogens (primary N) is 1. The van der Waals surface area contributed by atoms with Crippen molar-refractivity contribution in [3.8, 4) is 0 Å². The highest BCUT2D eigenvalue weighted by Crippen LogP contribution is 2.32. The molecular weight excluding hydrogens is 592 g/mol. The van der Waals surface area contributed by atoms with Gasteiger partial charge < -0.3 is 30.0 Å². The van der Waals surface area contributed by atoms with E-state index in [-0.39, 0.29) is 19.3 Å². The van der Waals surface area contributed by atoms with Gasteiger partial charge in [-0.2, -0.15) is 0 Å². The predicted molar refractivity (Wildman–Crippen MR) is 168 cm³/mol. The molecule has 2 fully saturated rings. The Morgan fingerprint density at radius 1 is 1.05 bits per heavy atom. The lowest BCUT2D eigenvalue weighted by Crippen LogP contribution is -2.49. The van der Waals surface area contributed by atoms with E-state index in [4.69, 9.17) is 36.3 Å². The van der Waals surface area contributed by atoms with Gasteiger partial charge in [-0.25, -0.2) is 9.59 Å². The first kappa shape index (κ1) is 33.8. The summed E-state index contributed by atoms with van der Waals surface area (Å²) in [5.41, 5.74) is 8.21. The fourth-order valence-corrected chi connectivity index (χ4v) is 6.70. The predicted octanol–water partition coefficient (Wildman–Crippen LogP) is 3.06. The number of carbonyl (C=O) groups is 2. The molecule has 238 valence electrons. The summed E-state index contributed by atoms with van der Waals surface area (Å²) in [6.07, 6.45) is 0.902. The monoisotopic (exact) mass is 636 g/mol. The number of nitrogens with zero attached hydrogens (tertiary/aromatic N) is 2. The fourth-order valence-electron chi connectivity index (χ4n) is 5.56. The largest absolute Gasteiger partial charge is 0.462 e. The molecule has 3 N–H and O–H groups in total. The lowest BCUT2D eigenvalue weighted by molar-refractivity contribution is -0.148. The van der Waals surface area contributed by atoms with E-state index in [0.717, 1.165) is 42.5 Å². The molecule has 2 saturated heterocycles. The van der Waals surface area contributed by atoms with Gasteiger partial charge in [-0.15, -0.1) is 11.8 Å². The van der Waals surface area contributed by atoms with Gasteiger partial charge in [0, 0.05) is 78.8 Å². The molecule has 0 spiro atoms. The molecule has 12 heteroatoms. The number of thioether (sulfide) groups is 1. The van der Waals surface area contributed by atoms with Crippen LogP contribution in [0.3, 0.4) is 0 Å². The van der Waals surface area contributed by atoms with Crippen LogP contribution >= 0.6 is 23.4 Å². The van der Waals surface area contributed by atoms with Crippen molar-refractivity contribution in [1.82, 2.24) is 15.1 Å². The van der Waals surface area contributed by atoms with E-state index in [1.807, 2.05) is 38.1 Å². The smallest absolute Gasteiger partial charge is 0.336 e. The minimum atomic E-state index is -0.525. The summed E-state index contributed by atoms with van der Waals surface area (Å²) in [4.78, 5) is 32.8. The number of benzene rings is 1. The van der Waals surface area contributed by atoms with Gasteiger partial charge in [-0.1, -0.05) is 31.5 Å². The van der Waals surface area contributed by atoms with Crippen LogP contribution in [0.2, 0.25) is 5.02 Å². The molecule has 0 aliphatic carbocycles. The van der Waals surface area contributed by atoms with Crippen molar-refractivity contribution in [3.05, 3.63) is 51.8 Å². The normalized spacial score (nSPS) is 20.3. The molecule has 3 heterocycles. The maximum absolute atomic E-state index is 13.9. The van der Waals surface area contributed by atoms with Gasteiger partial charge in [0.05, 0.1) is 44.2 Å². The lowest BCUT2D eigenvalue weighted by atomic mass is 9.86. The third-order valence-corrected chi connectivity index (χ3v) is 9.12. The molecule has 1 aromatic carbocycles. The lowest BCUT2D eigenvalue weighted by Gasteiger charge is -2.35. The molecule has 1 unspecified atom stereocenters. The van der Waals surface area contributed by atoms with Gasteiger partial charge in [0.25, 0.3) is 0 Å². The highest BCUT2D eigenvalue weighted by Gasteiger charge is 2.37. The van der Waals surface area contributed by atoms with E-state index >= 15 is 0 Å². The first-order valence-electron chi connectivity index (χ1n) is 15.2. The minimum absolute atomic E-state index is 0.127. The van der Waals surface area contributed by atoms with E-state index < -0.39 is 17.9 Å². The Bertz CT molecular complexity index is 1130. The summed E-state index contributed by atoms with van der Waals surface area (Å²) < 4.78 is 22.9. The average molecular weight is 637 g/mol. The molecule has 0 amide bonds. The molecule has 0 radical (unpaired) electrons. The van der Waals surface area contributed by atoms with E-state index in [9.17, 15) is 9.59 Å². The van der Waals surface area contributed by atoms with Gasteiger partial charge in [0.15, 0.2) is 0 Å². The maximum atomic E-state index is 13.9. The van der Waals surface area contributed by atoms with Crippen LogP contribution in [0.1, 0.15) is 26.7 Å². The summed E-state index contributed by atoms with van der Waals surface area (Å²) >= 11 is 7.73. The second-order valence-corrected chi connectivity index (χ2v) is 12.4. The van der Waals surface area contributed by atoms with Crippen molar-refractivity contribution in [2.75, 3.05) is 84.6 Å². The molecular formula is C31H45ClN4O6S. The standard InChI is InChI=1S/C31H45ClN4O6S/c1-3-26-28(31(38)42-24(20-35-8-13-39-14-9-35)21-36-10-15-40-16-11-36)22(2)29(27(19-33)34-26)30(37)41-12-5-17-43-25-7-4-6-23(32)18-25/h4,6-7,18,22,24,34H,3,5,8-17,19-21,33H2,1-2H3. The Hall–Kier alpha value is -2.12. The number of ether oxygens (including phenoxy) is 4. The number of carbonyl (C=O) groups excluding carboxylic acids is 2. The van der Waals surface area contributed by atoms with Crippen molar-refractivity contribution in [2.45, 2.75) is 37.7 Å². The zero-order valence-corrected chi connectivity index (χ0v) is 26.9. The van der Waals surface area contributed by atoms with Crippen molar-refractivity contribution in [1.29, 1.82) is 0 Å². The van der Waals surface area contributed by atoms with Crippen molar-refractivity contribution < 1.29 is 28.5 Å². The molecule has 0 bridgehead atoms. The molecule has 1 atom stereocenters. The third kappa shape index (κ3) is 9.94. The molecule has 3 aliphatic heterocycles. The Morgan fingerprint density at radius 3 is 2.26 bits per heavy atom. The summed E-state index contributed by atoms with van der Waals surface area (Å²) in [5.74, 6) is -0.632. The molecule has 10 nitrogen and oxygen atoms in total. The zero-order valence-electron chi connectivity index (χ0n) is 25.3. The molecule has 1 aromatic rings. The topological polar surface area (TPSA) is 116 Å². The van der Waals surface area contributed by atoms with Crippen molar-refractivity contribution >= 4 is 35.3 Å². The maximum Gasteiger partial charge on any atom is 0.336 e. The van der Waals surface area contributed by atoms with Gasteiger partial charge >= 0.3 is 11.9 Å².